The van der Waals surface area contributed by atoms with Crippen LogP contribution >= 0.6 is 6.72 Å². The van der Waals surface area contributed by atoms with Gasteiger partial charge in [0, 0.05) is 24.3 Å². The first-order chi connectivity index (χ1) is 7.70. The first-order valence-corrected chi connectivity index (χ1v) is 7.65. The summed E-state index contributed by atoms with van der Waals surface area (Å²) in [6.07, 6.45) is 9.27. The number of hydrogen-bond acceptors (Lipinski definition) is 5. The summed E-state index contributed by atoms with van der Waals surface area (Å²) in [6, 6.07) is 0. The number of nitrogens with zero attached hydrogens (tertiary/aromatic N) is 1. The molecule has 0 aromatic rings. The lowest BCUT2D eigenvalue weighted by molar-refractivity contribution is 0.171. The molecular weight excluding hydrogens is 245 g/mol. The van der Waals surface area contributed by atoms with Crippen molar-refractivity contribution in [2.24, 2.45) is 5.16 Å². The molecule has 1 rings (SSSR count). The monoisotopic (exact) mass is 260 g/mol. The van der Waals surface area contributed by atoms with Crippen LogP contribution in [0.3, 0.4) is 0 Å². The van der Waals surface area contributed by atoms with Crippen molar-refractivity contribution in [1.82, 2.24) is 0 Å². The Hall–Kier alpha value is -0.480. The third-order valence-corrected chi connectivity index (χ3v) is 3.88. The molecule has 0 N–H and O–H groups in total. The Morgan fingerprint density at radius 1 is 1.44 bits per heavy atom. The van der Waals surface area contributed by atoms with Crippen LogP contribution in [-0.4, -0.2) is 18.9 Å². The summed E-state index contributed by atoms with van der Waals surface area (Å²) in [6.45, 7) is 1.85. The highest BCUT2D eigenvalue weighted by Crippen LogP contribution is 2.50. The van der Waals surface area contributed by atoms with Gasteiger partial charge in [-0.25, -0.2) is 0 Å². The quantitative estimate of drug-likeness (QED) is 0.543. The number of oxime groups is 1. The fourth-order valence-corrected chi connectivity index (χ4v) is 2.75. The molecule has 0 unspecified atom stereocenters. The van der Waals surface area contributed by atoms with Crippen molar-refractivity contribution in [3.63, 3.8) is 0 Å². The second-order valence-electron chi connectivity index (χ2n) is 2.85. The Labute approximate surface area is 101 Å². The molecule has 0 aromatic heterocycles. The molecule has 0 atom stereocenters. The van der Waals surface area contributed by atoms with Gasteiger partial charge >= 0.3 is 6.72 Å². The second-order valence-corrected chi connectivity index (χ2v) is 5.76. The highest BCUT2D eigenvalue weighted by Gasteiger charge is 2.20. The standard InChI is InChI=1S/C10H15NO3PS/c1-3-12-15(16,13-4-2)14-11-10-8-6-5-7-9-10/h5-7H,3-4,8H2,1-2H3. The van der Waals surface area contributed by atoms with E-state index in [1.54, 1.807) is 6.08 Å². The predicted molar refractivity (Wildman–Crippen MR) is 67.6 cm³/mol. The average Bonchev–Trinajstić information content (AvgIpc) is 2.29. The zero-order chi connectivity index (χ0) is 11.9. The molecule has 0 spiro atoms. The maximum atomic E-state index is 5.28. The summed E-state index contributed by atoms with van der Waals surface area (Å²) >= 11 is 5.15. The Bertz CT molecular complexity index is 342. The molecule has 0 saturated heterocycles. The summed E-state index contributed by atoms with van der Waals surface area (Å²) in [5, 5.41) is 3.91. The van der Waals surface area contributed by atoms with Crippen LogP contribution in [0.15, 0.2) is 23.4 Å². The molecule has 0 aromatic carbocycles. The van der Waals surface area contributed by atoms with Crippen LogP contribution in [0.25, 0.3) is 0 Å². The third kappa shape index (κ3) is 4.58. The molecular formula is C10H15NO3PS. The van der Waals surface area contributed by atoms with Gasteiger partial charge in [0.15, 0.2) is 0 Å². The van der Waals surface area contributed by atoms with Crippen LogP contribution < -0.4 is 0 Å². The molecule has 1 aliphatic rings. The lowest BCUT2D eigenvalue weighted by Crippen LogP contribution is -2.00. The maximum absolute atomic E-state index is 5.28. The molecule has 1 radical (unpaired) electrons. The highest BCUT2D eigenvalue weighted by atomic mass is 32.5. The summed E-state index contributed by atoms with van der Waals surface area (Å²) < 4.78 is 15.8. The van der Waals surface area contributed by atoms with Crippen LogP contribution in [0.5, 0.6) is 0 Å². The van der Waals surface area contributed by atoms with E-state index in [1.165, 1.54) is 0 Å². The van der Waals surface area contributed by atoms with Gasteiger partial charge in [0.1, 0.15) is 0 Å². The van der Waals surface area contributed by atoms with Gasteiger partial charge in [0.2, 0.25) is 0 Å². The fourth-order valence-electron chi connectivity index (χ4n) is 1.01. The molecule has 0 bridgehead atoms. The van der Waals surface area contributed by atoms with Gasteiger partial charge in [-0.15, -0.1) is 0 Å². The Kier molecular flexibility index (Phi) is 5.91. The summed E-state index contributed by atoms with van der Waals surface area (Å²) in [4.78, 5) is 0. The van der Waals surface area contributed by atoms with Crippen molar-refractivity contribution < 1.29 is 13.7 Å². The van der Waals surface area contributed by atoms with Gasteiger partial charge in [0.25, 0.3) is 0 Å². The Morgan fingerprint density at radius 2 is 2.12 bits per heavy atom. The van der Waals surface area contributed by atoms with Gasteiger partial charge in [-0.05, 0) is 13.8 Å². The second kappa shape index (κ2) is 6.97. The largest absolute Gasteiger partial charge is 0.402 e. The van der Waals surface area contributed by atoms with Crippen molar-refractivity contribution in [2.45, 2.75) is 20.3 Å². The zero-order valence-corrected chi connectivity index (χ0v) is 11.1. The summed E-state index contributed by atoms with van der Waals surface area (Å²) in [5.41, 5.74) is 0.691. The lowest BCUT2D eigenvalue weighted by atomic mass is 10.2. The van der Waals surface area contributed by atoms with E-state index >= 15 is 0 Å². The molecule has 0 fully saturated rings. The van der Waals surface area contributed by atoms with E-state index in [4.69, 9.17) is 25.5 Å². The first kappa shape index (κ1) is 13.6. The van der Waals surface area contributed by atoms with Crippen LogP contribution in [0.1, 0.15) is 20.3 Å². The Balaban J connectivity index is 2.58. The van der Waals surface area contributed by atoms with Crippen molar-refractivity contribution in [2.75, 3.05) is 13.2 Å². The van der Waals surface area contributed by atoms with E-state index in [9.17, 15) is 0 Å². The number of rotatable bonds is 6. The average molecular weight is 260 g/mol. The fraction of sp³-hybridized carbons (Fsp3) is 0.500. The zero-order valence-electron chi connectivity index (χ0n) is 9.38. The minimum absolute atomic E-state index is 0.446. The van der Waals surface area contributed by atoms with E-state index in [1.807, 2.05) is 26.0 Å². The molecule has 1 aliphatic carbocycles. The van der Waals surface area contributed by atoms with Gasteiger partial charge in [-0.1, -0.05) is 23.4 Å². The van der Waals surface area contributed by atoms with Crippen LogP contribution in [0, 0.1) is 6.08 Å². The van der Waals surface area contributed by atoms with Gasteiger partial charge in [-0.2, -0.15) is 0 Å². The van der Waals surface area contributed by atoms with Crippen LogP contribution in [0.2, 0.25) is 0 Å². The van der Waals surface area contributed by atoms with E-state index in [0.717, 1.165) is 0 Å². The van der Waals surface area contributed by atoms with Crippen molar-refractivity contribution >= 4 is 24.2 Å². The minimum atomic E-state index is -2.72. The maximum Gasteiger partial charge on any atom is 0.402 e. The molecule has 0 heterocycles. The molecule has 0 amide bonds. The molecule has 6 heteroatoms. The molecule has 16 heavy (non-hydrogen) atoms. The van der Waals surface area contributed by atoms with Gasteiger partial charge in [0.05, 0.1) is 18.9 Å². The number of allylic oxidation sites excluding steroid dienone is 4. The van der Waals surface area contributed by atoms with E-state index in [0.29, 0.717) is 25.3 Å². The van der Waals surface area contributed by atoms with Gasteiger partial charge < -0.3 is 4.62 Å². The lowest BCUT2D eigenvalue weighted by Gasteiger charge is -2.17. The van der Waals surface area contributed by atoms with Crippen LogP contribution in [0.4, 0.5) is 0 Å². The smallest absolute Gasteiger partial charge is 0.313 e. The SMILES string of the molecule is CCOP(=S)(OCC)ON=C1[C]=CC=CC1. The summed E-state index contributed by atoms with van der Waals surface area (Å²) in [7, 11) is 0. The third-order valence-electron chi connectivity index (χ3n) is 1.62. The van der Waals surface area contributed by atoms with Crippen molar-refractivity contribution in [3.05, 3.63) is 24.3 Å². The normalized spacial score (nSPS) is 18.0. The van der Waals surface area contributed by atoms with Crippen LogP contribution in [-0.2, 0) is 25.5 Å². The summed E-state index contributed by atoms with van der Waals surface area (Å²) in [5.74, 6) is 0. The number of hydrogen-bond donors (Lipinski definition) is 0. The molecule has 0 saturated carbocycles. The van der Waals surface area contributed by atoms with Crippen molar-refractivity contribution in [1.29, 1.82) is 0 Å². The van der Waals surface area contributed by atoms with E-state index in [2.05, 4.69) is 11.2 Å². The predicted octanol–water partition coefficient (Wildman–Crippen LogP) is 2.98. The topological polar surface area (TPSA) is 40.0 Å². The van der Waals surface area contributed by atoms with Crippen molar-refractivity contribution in [3.8, 4) is 0 Å². The van der Waals surface area contributed by atoms with Gasteiger partial charge in [-0.3, -0.25) is 9.05 Å². The molecule has 4 nitrogen and oxygen atoms in total. The highest BCUT2D eigenvalue weighted by molar-refractivity contribution is 8.07. The molecule has 89 valence electrons. The molecule has 0 aliphatic heterocycles. The van der Waals surface area contributed by atoms with E-state index in [-0.39, 0.29) is 0 Å². The minimum Gasteiger partial charge on any atom is -0.313 e. The Morgan fingerprint density at radius 3 is 2.62 bits per heavy atom. The van der Waals surface area contributed by atoms with E-state index < -0.39 is 6.72 Å². The first-order valence-electron chi connectivity index (χ1n) is 5.10.